The van der Waals surface area contributed by atoms with E-state index < -0.39 is 0 Å². The number of thiophene rings is 3. The molecule has 0 bridgehead atoms. The zero-order chi connectivity index (χ0) is 34.4. The Bertz CT molecular complexity index is 2040. The molecule has 3 heterocycles. The van der Waals surface area contributed by atoms with Gasteiger partial charge in [0.05, 0.1) is 0 Å². The van der Waals surface area contributed by atoms with E-state index in [4.69, 9.17) is 0 Å². The van der Waals surface area contributed by atoms with Crippen LogP contribution in [0.5, 0.6) is 0 Å². The van der Waals surface area contributed by atoms with Crippen molar-refractivity contribution >= 4 is 66.8 Å². The van der Waals surface area contributed by atoms with Gasteiger partial charge in [-0.2, -0.15) is 0 Å². The molecule has 0 unspecified atom stereocenters. The minimum Gasteiger partial charge on any atom is -0.302 e. The Morgan fingerprint density at radius 3 is 0.837 bits per heavy atom. The van der Waals surface area contributed by atoms with Crippen LogP contribution in [-0.4, -0.2) is 0 Å². The maximum absolute atomic E-state index is 2.40. The Labute approximate surface area is 303 Å². The Balaban J connectivity index is 1.22. The fourth-order valence-corrected chi connectivity index (χ4v) is 9.31. The van der Waals surface area contributed by atoms with Crippen LogP contribution in [0.25, 0.3) is 19.5 Å². The number of rotatable bonds is 8. The van der Waals surface area contributed by atoms with Crippen LogP contribution < -0.4 is 9.80 Å². The molecule has 0 fully saturated rings. The first-order valence-corrected chi connectivity index (χ1v) is 19.2. The Kier molecular flexibility index (Phi) is 9.10. The molecular formula is C44H42N2S3. The summed E-state index contributed by atoms with van der Waals surface area (Å²) >= 11 is 5.58. The second kappa shape index (κ2) is 13.5. The van der Waals surface area contributed by atoms with Gasteiger partial charge in [-0.05, 0) is 185 Å². The fourth-order valence-electron chi connectivity index (χ4n) is 6.03. The monoisotopic (exact) mass is 694 g/mol. The molecule has 5 heteroatoms. The summed E-state index contributed by atoms with van der Waals surface area (Å²) in [7, 11) is 0. The van der Waals surface area contributed by atoms with Crippen molar-refractivity contribution in [3.05, 3.63) is 154 Å². The summed E-state index contributed by atoms with van der Waals surface area (Å²) < 4.78 is 0. The second-order valence-corrected chi connectivity index (χ2v) is 16.4. The molecule has 4 aromatic carbocycles. The van der Waals surface area contributed by atoms with Crippen molar-refractivity contribution in [3.8, 4) is 19.5 Å². The van der Waals surface area contributed by atoms with Gasteiger partial charge in [-0.25, -0.2) is 0 Å². The van der Waals surface area contributed by atoms with Gasteiger partial charge in [0.25, 0.3) is 0 Å². The van der Waals surface area contributed by atoms with Gasteiger partial charge in [0.1, 0.15) is 10.0 Å². The van der Waals surface area contributed by atoms with Crippen LogP contribution in [0.2, 0.25) is 0 Å². The first kappa shape index (κ1) is 33.1. The van der Waals surface area contributed by atoms with Crippen molar-refractivity contribution in [3.63, 3.8) is 0 Å². The maximum Gasteiger partial charge on any atom is 0.101 e. The van der Waals surface area contributed by atoms with Crippen LogP contribution in [0, 0.1) is 55.4 Å². The highest BCUT2D eigenvalue weighted by molar-refractivity contribution is 7.28. The van der Waals surface area contributed by atoms with Gasteiger partial charge >= 0.3 is 0 Å². The van der Waals surface area contributed by atoms with Crippen LogP contribution in [0.15, 0.2) is 109 Å². The lowest BCUT2D eigenvalue weighted by Crippen LogP contribution is -2.09. The average Bonchev–Trinajstić information content (AvgIpc) is 3.86. The van der Waals surface area contributed by atoms with Crippen molar-refractivity contribution in [1.82, 2.24) is 0 Å². The zero-order valence-corrected chi connectivity index (χ0v) is 32.0. The number of benzene rings is 4. The lowest BCUT2D eigenvalue weighted by Gasteiger charge is -2.25. The standard InChI is InChI=1S/C44H42N2S3/c1-27-9-13-35(23-31(27)5)45(36-14-10-28(2)32(6)24-36)43-21-19-41(48-43)39-17-18-40(47-39)42-20-22-44(49-42)46(37-15-11-29(3)33(7)25-37)38-16-12-30(4)34(8)26-38/h9-26H,1-8H3. The van der Waals surface area contributed by atoms with Gasteiger partial charge in [-0.1, -0.05) is 24.3 Å². The van der Waals surface area contributed by atoms with E-state index in [1.807, 2.05) is 34.0 Å². The molecule has 0 radical (unpaired) electrons. The van der Waals surface area contributed by atoms with E-state index in [1.54, 1.807) is 0 Å². The maximum atomic E-state index is 2.40. The van der Waals surface area contributed by atoms with E-state index in [-0.39, 0.29) is 0 Å². The van der Waals surface area contributed by atoms with Gasteiger partial charge in [-0.3, -0.25) is 0 Å². The summed E-state index contributed by atoms with van der Waals surface area (Å²) in [4.78, 5) is 9.96. The Morgan fingerprint density at radius 2 is 0.551 bits per heavy atom. The molecule has 0 spiro atoms. The van der Waals surface area contributed by atoms with Crippen molar-refractivity contribution in [2.75, 3.05) is 9.80 Å². The molecule has 49 heavy (non-hydrogen) atoms. The number of hydrogen-bond donors (Lipinski definition) is 0. The van der Waals surface area contributed by atoms with Crippen molar-refractivity contribution in [2.24, 2.45) is 0 Å². The van der Waals surface area contributed by atoms with Crippen LogP contribution in [0.4, 0.5) is 32.8 Å². The van der Waals surface area contributed by atoms with E-state index in [9.17, 15) is 0 Å². The molecule has 0 atom stereocenters. The molecule has 246 valence electrons. The van der Waals surface area contributed by atoms with E-state index in [1.165, 1.54) is 96.8 Å². The normalized spacial score (nSPS) is 11.3. The molecule has 2 nitrogen and oxygen atoms in total. The summed E-state index contributed by atoms with van der Waals surface area (Å²) in [6.45, 7) is 17.5. The predicted octanol–water partition coefficient (Wildman–Crippen LogP) is 14.6. The fraction of sp³-hybridized carbons (Fsp3) is 0.182. The van der Waals surface area contributed by atoms with E-state index >= 15 is 0 Å². The van der Waals surface area contributed by atoms with Gasteiger partial charge in [0.15, 0.2) is 0 Å². The summed E-state index contributed by atoms with van der Waals surface area (Å²) in [6, 6.07) is 40.8. The quantitative estimate of drug-likeness (QED) is 0.156. The highest BCUT2D eigenvalue weighted by Gasteiger charge is 2.20. The lowest BCUT2D eigenvalue weighted by molar-refractivity contribution is 1.25. The first-order valence-electron chi connectivity index (χ1n) is 16.8. The minimum absolute atomic E-state index is 1.19. The number of nitrogens with zero attached hydrogens (tertiary/aromatic N) is 2. The minimum atomic E-state index is 1.19. The van der Waals surface area contributed by atoms with Crippen LogP contribution in [0.3, 0.4) is 0 Å². The smallest absolute Gasteiger partial charge is 0.101 e. The zero-order valence-electron chi connectivity index (χ0n) is 29.5. The number of hydrogen-bond acceptors (Lipinski definition) is 5. The Morgan fingerprint density at radius 1 is 0.286 bits per heavy atom. The summed E-state index contributed by atoms with van der Waals surface area (Å²) in [5.41, 5.74) is 15.2. The van der Waals surface area contributed by atoms with Crippen LogP contribution in [-0.2, 0) is 0 Å². The SMILES string of the molecule is Cc1ccc(N(c2ccc(C)c(C)c2)c2ccc(-c3ccc(-c4ccc(N(c5ccc(C)c(C)c5)c5ccc(C)c(C)c5)s4)s3)s2)cc1C. The number of anilines is 6. The first-order chi connectivity index (χ1) is 23.5. The van der Waals surface area contributed by atoms with E-state index in [2.05, 4.69) is 174 Å². The largest absolute Gasteiger partial charge is 0.302 e. The molecule has 7 rings (SSSR count). The van der Waals surface area contributed by atoms with E-state index in [0.717, 1.165) is 0 Å². The van der Waals surface area contributed by atoms with Crippen molar-refractivity contribution in [1.29, 1.82) is 0 Å². The highest BCUT2D eigenvalue weighted by atomic mass is 32.1. The third-order valence-corrected chi connectivity index (χ3v) is 13.3. The summed E-state index contributed by atoms with van der Waals surface area (Å²) in [5.74, 6) is 0. The van der Waals surface area contributed by atoms with Crippen LogP contribution in [0.1, 0.15) is 44.5 Å². The lowest BCUT2D eigenvalue weighted by atomic mass is 10.1. The van der Waals surface area contributed by atoms with Crippen molar-refractivity contribution in [2.45, 2.75) is 55.4 Å². The molecule has 0 aliphatic heterocycles. The average molecular weight is 695 g/mol. The topological polar surface area (TPSA) is 6.48 Å². The predicted molar refractivity (Wildman–Crippen MR) is 218 cm³/mol. The van der Waals surface area contributed by atoms with Gasteiger partial charge in [0.2, 0.25) is 0 Å². The summed E-state index contributed by atoms with van der Waals surface area (Å²) in [5, 5.41) is 2.43. The van der Waals surface area contributed by atoms with Gasteiger partial charge < -0.3 is 9.80 Å². The summed E-state index contributed by atoms with van der Waals surface area (Å²) in [6.07, 6.45) is 0. The molecule has 0 N–H and O–H groups in total. The Hall–Kier alpha value is -4.42. The molecule has 0 saturated heterocycles. The van der Waals surface area contributed by atoms with Crippen molar-refractivity contribution < 1.29 is 0 Å². The molecule has 3 aromatic heterocycles. The van der Waals surface area contributed by atoms with Gasteiger partial charge in [0, 0.05) is 42.3 Å². The third-order valence-electron chi connectivity index (χ3n) is 9.71. The molecule has 0 saturated carbocycles. The molecule has 0 aliphatic carbocycles. The molecular weight excluding hydrogens is 653 g/mol. The second-order valence-electron chi connectivity index (χ2n) is 13.2. The highest BCUT2D eigenvalue weighted by Crippen LogP contribution is 2.47. The van der Waals surface area contributed by atoms with Crippen LogP contribution >= 0.6 is 34.0 Å². The molecule has 0 aliphatic rings. The third kappa shape index (κ3) is 6.63. The molecule has 7 aromatic rings. The number of aryl methyl sites for hydroxylation is 8. The van der Waals surface area contributed by atoms with Gasteiger partial charge in [-0.15, -0.1) is 34.0 Å². The van der Waals surface area contributed by atoms with E-state index in [0.29, 0.717) is 0 Å². The molecule has 0 amide bonds.